The minimum atomic E-state index is -0.132. The number of allylic oxidation sites excluding steroid dienone is 1. The second-order valence-electron chi connectivity index (χ2n) is 6.37. The van der Waals surface area contributed by atoms with Crippen LogP contribution in [-0.2, 0) is 13.1 Å². The van der Waals surface area contributed by atoms with Gasteiger partial charge in [0.05, 0.1) is 5.69 Å². The summed E-state index contributed by atoms with van der Waals surface area (Å²) in [6.45, 7) is 5.47. The molecule has 0 radical (unpaired) electrons. The Kier molecular flexibility index (Phi) is 5.22. The van der Waals surface area contributed by atoms with E-state index in [0.29, 0.717) is 18.7 Å². The zero-order valence-electron chi connectivity index (χ0n) is 14.9. The van der Waals surface area contributed by atoms with Gasteiger partial charge in [-0.15, -0.1) is 0 Å². The lowest BCUT2D eigenvalue weighted by atomic mass is 10.1. The lowest BCUT2D eigenvalue weighted by molar-refractivity contribution is 0.343. The molecule has 132 valence electrons. The van der Waals surface area contributed by atoms with Crippen molar-refractivity contribution in [2.45, 2.75) is 52.6 Å². The van der Waals surface area contributed by atoms with Crippen molar-refractivity contribution in [3.8, 4) is 5.88 Å². The van der Waals surface area contributed by atoms with Crippen molar-refractivity contribution in [3.63, 3.8) is 0 Å². The van der Waals surface area contributed by atoms with Crippen LogP contribution in [0.15, 0.2) is 34.1 Å². The molecular weight excluding hydrogens is 314 g/mol. The van der Waals surface area contributed by atoms with Crippen LogP contribution in [0.4, 0.5) is 5.69 Å². The van der Waals surface area contributed by atoms with Gasteiger partial charge in [-0.05, 0) is 25.0 Å². The Morgan fingerprint density at radius 3 is 2.48 bits per heavy atom. The number of nitrogens with zero attached hydrogens (tertiary/aromatic N) is 3. The molecule has 5 heteroatoms. The number of aromatic nitrogens is 2. The smallest absolute Gasteiger partial charge is 0.277 e. The molecule has 0 saturated carbocycles. The Morgan fingerprint density at radius 1 is 1.08 bits per heavy atom. The van der Waals surface area contributed by atoms with Crippen LogP contribution in [0, 0.1) is 0 Å². The van der Waals surface area contributed by atoms with Crippen LogP contribution >= 0.6 is 0 Å². The maximum atomic E-state index is 12.9. The minimum absolute atomic E-state index is 0.0554. The van der Waals surface area contributed by atoms with Gasteiger partial charge >= 0.3 is 0 Å². The van der Waals surface area contributed by atoms with Crippen molar-refractivity contribution >= 4 is 23.6 Å². The molecule has 0 bridgehead atoms. The highest BCUT2D eigenvalue weighted by Gasteiger charge is 2.19. The van der Waals surface area contributed by atoms with Crippen LogP contribution in [0.2, 0.25) is 0 Å². The third-order valence-corrected chi connectivity index (χ3v) is 4.55. The van der Waals surface area contributed by atoms with Gasteiger partial charge in [-0.25, -0.2) is 4.68 Å². The highest BCUT2D eigenvalue weighted by Crippen LogP contribution is 2.33. The van der Waals surface area contributed by atoms with Crippen molar-refractivity contribution in [1.82, 2.24) is 9.36 Å². The van der Waals surface area contributed by atoms with Gasteiger partial charge in [0, 0.05) is 30.4 Å². The summed E-state index contributed by atoms with van der Waals surface area (Å²) in [6, 6.07) is 7.82. The molecule has 1 aromatic carbocycles. The first-order valence-electron chi connectivity index (χ1n) is 9.05. The zero-order chi connectivity index (χ0) is 17.8. The highest BCUT2D eigenvalue weighted by molar-refractivity contribution is 6.21. The summed E-state index contributed by atoms with van der Waals surface area (Å²) >= 11 is 0. The van der Waals surface area contributed by atoms with E-state index in [-0.39, 0.29) is 11.4 Å². The number of hydrogen-bond acceptors (Lipinski definition) is 3. The molecule has 0 unspecified atom stereocenters. The molecule has 2 aromatic rings. The number of aromatic hydroxyl groups is 1. The zero-order valence-corrected chi connectivity index (χ0v) is 14.9. The van der Waals surface area contributed by atoms with Crippen LogP contribution in [0.1, 0.15) is 50.7 Å². The summed E-state index contributed by atoms with van der Waals surface area (Å²) in [4.78, 5) is 17.2. The first-order valence-corrected chi connectivity index (χ1v) is 9.05. The Labute approximate surface area is 147 Å². The second kappa shape index (κ2) is 7.55. The first kappa shape index (κ1) is 17.3. The molecule has 0 spiro atoms. The fraction of sp³-hybridized carbons (Fsp3) is 0.400. The summed E-state index contributed by atoms with van der Waals surface area (Å²) in [5.41, 5.74) is 2.96. The molecule has 3 rings (SSSR count). The Morgan fingerprint density at radius 2 is 1.76 bits per heavy atom. The van der Waals surface area contributed by atoms with E-state index in [2.05, 4.69) is 18.8 Å². The Bertz CT molecular complexity index is 872. The summed E-state index contributed by atoms with van der Waals surface area (Å²) in [5, 5.41) is 10.7. The summed E-state index contributed by atoms with van der Waals surface area (Å²) in [7, 11) is 0. The number of benzene rings is 1. The van der Waals surface area contributed by atoms with Gasteiger partial charge in [-0.2, -0.15) is 0 Å². The molecule has 2 heterocycles. The summed E-state index contributed by atoms with van der Waals surface area (Å²) in [6.07, 6.45) is 7.36. The first-order chi connectivity index (χ1) is 12.2. The van der Waals surface area contributed by atoms with Crippen LogP contribution < -0.4 is 5.56 Å². The van der Waals surface area contributed by atoms with Crippen LogP contribution in [0.5, 0.6) is 5.88 Å². The standard InChI is InChI=1S/C20H25N3O2/c1-3-5-11-22-19(24)17(20(25)23(22)12-6-4-2)13-15-14-21-18-10-8-7-9-16(15)18/h7-10,13-14,24H,3-6,11-12H2,1-2H3. The van der Waals surface area contributed by atoms with E-state index in [9.17, 15) is 9.90 Å². The Hall–Kier alpha value is -2.56. The maximum absolute atomic E-state index is 12.9. The normalized spacial score (nSPS) is 14.4. The summed E-state index contributed by atoms with van der Waals surface area (Å²) < 4.78 is 3.41. The quantitative estimate of drug-likeness (QED) is 0.821. The maximum Gasteiger partial charge on any atom is 0.277 e. The molecule has 1 N–H and O–H groups in total. The van der Waals surface area contributed by atoms with Crippen molar-refractivity contribution < 1.29 is 5.11 Å². The number of hydrogen-bond donors (Lipinski definition) is 1. The molecule has 0 aliphatic carbocycles. The molecule has 1 aromatic heterocycles. The molecule has 0 atom stereocenters. The molecule has 1 aliphatic heterocycles. The average molecular weight is 339 g/mol. The third-order valence-electron chi connectivity index (χ3n) is 4.55. The van der Waals surface area contributed by atoms with E-state index < -0.39 is 0 Å². The number of rotatable bonds is 7. The minimum Gasteiger partial charge on any atom is -0.493 e. The van der Waals surface area contributed by atoms with Gasteiger partial charge in [-0.3, -0.25) is 14.5 Å². The molecule has 0 fully saturated rings. The Balaban J connectivity index is 2.05. The lowest BCUT2D eigenvalue weighted by Gasteiger charge is -2.11. The molecular formula is C20H25N3O2. The van der Waals surface area contributed by atoms with Crippen LogP contribution in [0.25, 0.3) is 11.6 Å². The van der Waals surface area contributed by atoms with Gasteiger partial charge in [-0.1, -0.05) is 44.9 Å². The predicted molar refractivity (Wildman–Crippen MR) is 103 cm³/mol. The highest BCUT2D eigenvalue weighted by atomic mass is 16.3. The van der Waals surface area contributed by atoms with Gasteiger partial charge in [0.25, 0.3) is 5.56 Å². The van der Waals surface area contributed by atoms with E-state index in [4.69, 9.17) is 0 Å². The predicted octanol–water partition coefficient (Wildman–Crippen LogP) is 4.21. The largest absolute Gasteiger partial charge is 0.493 e. The van der Waals surface area contributed by atoms with Crippen molar-refractivity contribution in [1.29, 1.82) is 0 Å². The van der Waals surface area contributed by atoms with E-state index in [0.717, 1.165) is 42.5 Å². The van der Waals surface area contributed by atoms with E-state index >= 15 is 0 Å². The number of para-hydroxylation sites is 1. The summed E-state index contributed by atoms with van der Waals surface area (Å²) in [5.74, 6) is 0.0554. The van der Waals surface area contributed by atoms with Crippen LogP contribution in [0.3, 0.4) is 0 Å². The topological polar surface area (TPSA) is 59.5 Å². The fourth-order valence-electron chi connectivity index (χ4n) is 3.10. The monoisotopic (exact) mass is 339 g/mol. The third kappa shape index (κ3) is 3.31. The van der Waals surface area contributed by atoms with Crippen LogP contribution in [-0.4, -0.2) is 20.7 Å². The van der Waals surface area contributed by atoms with Gasteiger partial charge < -0.3 is 5.11 Å². The fourth-order valence-corrected chi connectivity index (χ4v) is 3.10. The number of unbranched alkanes of at least 4 members (excludes halogenated alkanes) is 2. The molecule has 25 heavy (non-hydrogen) atoms. The van der Waals surface area contributed by atoms with Crippen molar-refractivity contribution in [2.75, 3.05) is 0 Å². The average Bonchev–Trinajstić information content (AvgIpc) is 3.13. The second-order valence-corrected chi connectivity index (χ2v) is 6.37. The van der Waals surface area contributed by atoms with Gasteiger partial charge in [0.2, 0.25) is 5.88 Å². The van der Waals surface area contributed by atoms with Gasteiger partial charge in [0.15, 0.2) is 0 Å². The number of aliphatic imine (C=N–C) groups is 1. The van der Waals surface area contributed by atoms with E-state index in [1.54, 1.807) is 21.7 Å². The van der Waals surface area contributed by atoms with E-state index in [1.165, 1.54) is 0 Å². The molecule has 0 saturated heterocycles. The molecule has 1 aliphatic rings. The van der Waals surface area contributed by atoms with Crippen molar-refractivity contribution in [3.05, 3.63) is 45.7 Å². The SMILES string of the molecule is CCCCn1c(O)c(C=C2C=Nc3ccccc32)c(=O)n1CCCC. The van der Waals surface area contributed by atoms with E-state index in [1.807, 2.05) is 24.3 Å². The lowest BCUT2D eigenvalue weighted by Crippen LogP contribution is -2.24. The molecule has 5 nitrogen and oxygen atoms in total. The number of fused-ring (bicyclic) bond motifs is 1. The van der Waals surface area contributed by atoms with Crippen molar-refractivity contribution in [2.24, 2.45) is 4.99 Å². The van der Waals surface area contributed by atoms with Gasteiger partial charge in [0.1, 0.15) is 5.56 Å². The molecule has 0 amide bonds.